The number of carbonyl (C=O) groups is 2. The third-order valence-electron chi connectivity index (χ3n) is 8.37. The molecule has 1 aromatic heterocycles. The van der Waals surface area contributed by atoms with E-state index >= 15 is 0 Å². The Labute approximate surface area is 237 Å². The van der Waals surface area contributed by atoms with Crippen molar-refractivity contribution in [3.05, 3.63) is 58.7 Å². The molecule has 1 amide bonds. The van der Waals surface area contributed by atoms with Crippen LogP contribution < -0.4 is 5.32 Å². The maximum Gasteiger partial charge on any atom is 0.419 e. The number of rotatable bonds is 5. The quantitative estimate of drug-likeness (QED) is 0.410. The molecule has 0 saturated carbocycles. The lowest BCUT2D eigenvalue weighted by Crippen LogP contribution is -2.29. The Bertz CT molecular complexity index is 1420. The summed E-state index contributed by atoms with van der Waals surface area (Å²) in [7, 11) is 0. The van der Waals surface area contributed by atoms with Crippen LogP contribution in [0.25, 0.3) is 22.2 Å². The number of benzene rings is 2. The number of amides is 1. The zero-order valence-electron chi connectivity index (χ0n) is 24.2. The second-order valence-corrected chi connectivity index (χ2v) is 12.8. The molecular formula is C33H42N4O3. The van der Waals surface area contributed by atoms with Gasteiger partial charge in [0.2, 0.25) is 0 Å². The number of piperidine rings is 2. The van der Waals surface area contributed by atoms with Crippen LogP contribution in [0.5, 0.6) is 0 Å². The van der Waals surface area contributed by atoms with Crippen molar-refractivity contribution < 1.29 is 14.3 Å². The summed E-state index contributed by atoms with van der Waals surface area (Å²) in [6.07, 6.45) is 7.14. The van der Waals surface area contributed by atoms with Crippen molar-refractivity contribution in [2.24, 2.45) is 0 Å². The van der Waals surface area contributed by atoms with Gasteiger partial charge in [-0.1, -0.05) is 25.0 Å². The van der Waals surface area contributed by atoms with Crippen molar-refractivity contribution in [2.75, 3.05) is 26.2 Å². The predicted octanol–water partition coefficient (Wildman–Crippen LogP) is 6.31. The van der Waals surface area contributed by atoms with E-state index in [2.05, 4.69) is 45.4 Å². The van der Waals surface area contributed by atoms with Crippen LogP contribution in [0.1, 0.15) is 86.3 Å². The molecule has 3 aliphatic heterocycles. The molecule has 7 nitrogen and oxygen atoms in total. The van der Waals surface area contributed by atoms with Gasteiger partial charge >= 0.3 is 6.09 Å². The average Bonchev–Trinajstić information content (AvgIpc) is 3.49. The number of nitrogens with zero attached hydrogens (tertiary/aromatic N) is 3. The fourth-order valence-corrected chi connectivity index (χ4v) is 6.55. The first-order valence-electron chi connectivity index (χ1n) is 15.0. The zero-order chi connectivity index (χ0) is 27.9. The Balaban J connectivity index is 1.46. The third-order valence-corrected chi connectivity index (χ3v) is 8.37. The third kappa shape index (κ3) is 5.68. The Morgan fingerprint density at radius 1 is 0.850 bits per heavy atom. The summed E-state index contributed by atoms with van der Waals surface area (Å²) in [5.74, 6) is -0.0821. The van der Waals surface area contributed by atoms with Gasteiger partial charge in [-0.2, -0.15) is 0 Å². The highest BCUT2D eigenvalue weighted by molar-refractivity contribution is 6.07. The first-order chi connectivity index (χ1) is 19.2. The molecule has 212 valence electrons. The average molecular weight is 543 g/mol. The topological polar surface area (TPSA) is 66.8 Å². The van der Waals surface area contributed by atoms with Crippen molar-refractivity contribution in [3.8, 4) is 11.3 Å². The molecule has 6 rings (SSSR count). The molecule has 1 N–H and O–H groups in total. The number of carbonyl (C=O) groups excluding carboxylic acids is 2. The number of nitrogens with one attached hydrogen (secondary N) is 1. The van der Waals surface area contributed by atoms with Gasteiger partial charge < -0.3 is 10.1 Å². The van der Waals surface area contributed by atoms with Crippen LogP contribution in [0.4, 0.5) is 4.79 Å². The summed E-state index contributed by atoms with van der Waals surface area (Å²) in [4.78, 5) is 31.9. The number of hydrogen-bond acceptors (Lipinski definition) is 5. The van der Waals surface area contributed by atoms with Crippen LogP contribution in [0.15, 0.2) is 36.4 Å². The van der Waals surface area contributed by atoms with E-state index in [4.69, 9.17) is 4.74 Å². The van der Waals surface area contributed by atoms with Gasteiger partial charge in [0.25, 0.3) is 5.91 Å². The van der Waals surface area contributed by atoms with Crippen molar-refractivity contribution >= 4 is 22.9 Å². The second kappa shape index (κ2) is 11.0. The highest BCUT2D eigenvalue weighted by Gasteiger charge is 2.30. The van der Waals surface area contributed by atoms with Crippen molar-refractivity contribution in [3.63, 3.8) is 0 Å². The van der Waals surface area contributed by atoms with Crippen molar-refractivity contribution in [1.29, 1.82) is 0 Å². The Morgan fingerprint density at radius 2 is 1.50 bits per heavy atom. The first-order valence-corrected chi connectivity index (χ1v) is 15.0. The molecular weight excluding hydrogens is 500 g/mol. The highest BCUT2D eigenvalue weighted by Crippen LogP contribution is 2.36. The van der Waals surface area contributed by atoms with Gasteiger partial charge in [-0.3, -0.25) is 14.6 Å². The second-order valence-electron chi connectivity index (χ2n) is 12.8. The fourth-order valence-electron chi connectivity index (χ4n) is 6.55. The molecule has 0 spiro atoms. The van der Waals surface area contributed by atoms with Gasteiger partial charge in [0, 0.05) is 30.6 Å². The number of aromatic nitrogens is 1. The van der Waals surface area contributed by atoms with Gasteiger partial charge in [0.05, 0.1) is 16.8 Å². The molecule has 0 atom stereocenters. The number of hydrogen-bond donors (Lipinski definition) is 1. The van der Waals surface area contributed by atoms with Gasteiger partial charge in [0.1, 0.15) is 5.60 Å². The SMILES string of the molecule is CC(C)(C)OC(=O)n1c(-c2cc(CN3CCCCC3)cc3c2C(=O)NC3)cc2cc(CN3CCCCC3)ccc21. The molecule has 0 aliphatic carbocycles. The molecule has 0 radical (unpaired) electrons. The van der Waals surface area contributed by atoms with Crippen molar-refractivity contribution in [2.45, 2.75) is 84.5 Å². The maximum atomic E-state index is 13.7. The van der Waals surface area contributed by atoms with Crippen LogP contribution in [0.3, 0.4) is 0 Å². The molecule has 2 fully saturated rings. The lowest BCUT2D eigenvalue weighted by atomic mass is 9.96. The number of ether oxygens (including phenoxy) is 1. The minimum absolute atomic E-state index is 0.0821. The summed E-state index contributed by atoms with van der Waals surface area (Å²) in [5, 5.41) is 4.01. The lowest BCUT2D eigenvalue weighted by Gasteiger charge is -2.27. The molecule has 2 aromatic carbocycles. The van der Waals surface area contributed by atoms with Crippen LogP contribution >= 0.6 is 0 Å². The first kappa shape index (κ1) is 27.0. The normalized spacial score (nSPS) is 18.6. The fraction of sp³-hybridized carbons (Fsp3) is 0.515. The van der Waals surface area contributed by atoms with E-state index in [0.29, 0.717) is 17.8 Å². The number of fused-ring (bicyclic) bond motifs is 2. The minimum Gasteiger partial charge on any atom is -0.443 e. The molecule has 4 heterocycles. The highest BCUT2D eigenvalue weighted by atomic mass is 16.6. The van der Waals surface area contributed by atoms with Gasteiger partial charge in [-0.25, -0.2) is 9.36 Å². The van der Waals surface area contributed by atoms with Gasteiger partial charge in [-0.15, -0.1) is 0 Å². The summed E-state index contributed by atoms with van der Waals surface area (Å²) in [5.41, 5.74) is 5.77. The summed E-state index contributed by atoms with van der Waals surface area (Å²) < 4.78 is 7.59. The maximum absolute atomic E-state index is 13.7. The molecule has 7 heteroatoms. The zero-order valence-corrected chi connectivity index (χ0v) is 24.2. The summed E-state index contributed by atoms with van der Waals surface area (Å²) in [6.45, 7) is 12.4. The largest absolute Gasteiger partial charge is 0.443 e. The van der Waals surface area contributed by atoms with Gasteiger partial charge in [-0.05, 0) is 114 Å². The van der Waals surface area contributed by atoms with Crippen LogP contribution in [0, 0.1) is 0 Å². The van der Waals surface area contributed by atoms with E-state index in [9.17, 15) is 9.59 Å². The molecule has 0 unspecified atom stereocenters. The van der Waals surface area contributed by atoms with Crippen molar-refractivity contribution in [1.82, 2.24) is 19.7 Å². The Morgan fingerprint density at radius 3 is 2.15 bits per heavy atom. The summed E-state index contributed by atoms with van der Waals surface area (Å²) >= 11 is 0. The van der Waals surface area contributed by atoms with E-state index < -0.39 is 11.7 Å². The minimum atomic E-state index is -0.644. The molecule has 40 heavy (non-hydrogen) atoms. The monoisotopic (exact) mass is 542 g/mol. The number of likely N-dealkylation sites (tertiary alicyclic amines) is 2. The van der Waals surface area contributed by atoms with E-state index in [0.717, 1.165) is 61.3 Å². The van der Waals surface area contributed by atoms with E-state index in [-0.39, 0.29) is 5.91 Å². The van der Waals surface area contributed by atoms with E-state index in [1.165, 1.54) is 49.7 Å². The predicted molar refractivity (Wildman–Crippen MR) is 158 cm³/mol. The lowest BCUT2D eigenvalue weighted by molar-refractivity contribution is 0.0547. The van der Waals surface area contributed by atoms with Crippen LogP contribution in [-0.4, -0.2) is 58.1 Å². The molecule has 0 bridgehead atoms. The van der Waals surface area contributed by atoms with E-state index in [1.807, 2.05) is 26.8 Å². The molecule has 3 aromatic rings. The smallest absolute Gasteiger partial charge is 0.419 e. The Kier molecular flexibility index (Phi) is 7.44. The van der Waals surface area contributed by atoms with E-state index in [1.54, 1.807) is 4.57 Å². The van der Waals surface area contributed by atoms with Crippen LogP contribution in [-0.2, 0) is 24.4 Å². The summed E-state index contributed by atoms with van der Waals surface area (Å²) in [6, 6.07) is 12.7. The Hall–Kier alpha value is -3.16. The van der Waals surface area contributed by atoms with Crippen LogP contribution in [0.2, 0.25) is 0 Å². The van der Waals surface area contributed by atoms with Gasteiger partial charge in [0.15, 0.2) is 0 Å². The standard InChI is InChI=1S/C33H42N4O3/c1-33(2,3)40-32(39)37-28-11-10-23(21-35-12-6-4-7-13-35)16-25(28)19-29(37)27-18-24(22-36-14-8-5-9-15-36)17-26-20-34-31(38)30(26)27/h10-11,16-19H,4-9,12-15,20-22H2,1-3H3,(H,34,38). The molecule has 3 aliphatic rings. The molecule has 2 saturated heterocycles.